The van der Waals surface area contributed by atoms with E-state index in [4.69, 9.17) is 11.6 Å². The number of nitrogens with zero attached hydrogens (tertiary/aromatic N) is 1. The molecule has 0 amide bonds. The molecule has 0 unspecified atom stereocenters. The lowest BCUT2D eigenvalue weighted by Gasteiger charge is -2.12. The van der Waals surface area contributed by atoms with Crippen molar-refractivity contribution in [3.8, 4) is 0 Å². The van der Waals surface area contributed by atoms with E-state index < -0.39 is 29.0 Å². The number of halogens is 7. The number of pyridine rings is 1. The van der Waals surface area contributed by atoms with Crippen molar-refractivity contribution < 1.29 is 22.0 Å². The molecule has 8 heteroatoms. The van der Waals surface area contributed by atoms with Crippen LogP contribution in [0.3, 0.4) is 0 Å². The minimum absolute atomic E-state index is 0.155. The molecular formula is C8H4BrClF5N. The first-order valence-corrected chi connectivity index (χ1v) is 5.38. The molecule has 90 valence electrons. The van der Waals surface area contributed by atoms with E-state index in [9.17, 15) is 22.0 Å². The molecule has 0 atom stereocenters. The molecule has 0 spiro atoms. The molecule has 1 aromatic heterocycles. The van der Waals surface area contributed by atoms with Gasteiger partial charge in [-0.1, -0.05) is 27.5 Å². The van der Waals surface area contributed by atoms with Crippen LogP contribution in [0.15, 0.2) is 6.07 Å². The summed E-state index contributed by atoms with van der Waals surface area (Å²) in [6.07, 6.45) is -7.67. The van der Waals surface area contributed by atoms with Gasteiger partial charge in [-0.15, -0.1) is 0 Å². The van der Waals surface area contributed by atoms with Gasteiger partial charge >= 0.3 is 6.18 Å². The van der Waals surface area contributed by atoms with Gasteiger partial charge in [0.25, 0.3) is 6.43 Å². The van der Waals surface area contributed by atoms with Crippen LogP contribution in [0.5, 0.6) is 0 Å². The molecule has 0 bridgehead atoms. The Morgan fingerprint density at radius 1 is 1.38 bits per heavy atom. The molecule has 1 heterocycles. The molecule has 0 N–H and O–H groups in total. The standard InChI is InChI=1S/C8H4BrClF5N/c9-2-3-1-4(8(13,14)15)16-6(10)5(3)7(11)12/h1,7H,2H2. The quantitative estimate of drug-likeness (QED) is 0.440. The van der Waals surface area contributed by atoms with E-state index >= 15 is 0 Å². The van der Waals surface area contributed by atoms with Gasteiger partial charge in [-0.25, -0.2) is 13.8 Å². The highest BCUT2D eigenvalue weighted by Gasteiger charge is 2.34. The molecule has 0 aromatic carbocycles. The Kier molecular flexibility index (Phi) is 4.12. The summed E-state index contributed by atoms with van der Waals surface area (Å²) in [6, 6.07) is 0.558. The first kappa shape index (κ1) is 13.6. The Hall–Kier alpha value is -0.430. The maximum absolute atomic E-state index is 12.5. The minimum Gasteiger partial charge on any atom is -0.231 e. The second kappa shape index (κ2) is 4.83. The van der Waals surface area contributed by atoms with E-state index in [1.165, 1.54) is 0 Å². The molecule has 1 rings (SSSR count). The summed E-state index contributed by atoms with van der Waals surface area (Å²) in [5.74, 6) is 0. The summed E-state index contributed by atoms with van der Waals surface area (Å²) in [5, 5.41) is -0.975. The molecule has 1 nitrogen and oxygen atoms in total. The van der Waals surface area contributed by atoms with Crippen LogP contribution in [0.4, 0.5) is 22.0 Å². The molecule has 1 aromatic rings. The first-order chi connectivity index (χ1) is 7.27. The van der Waals surface area contributed by atoms with E-state index in [2.05, 4.69) is 20.9 Å². The average Bonchev–Trinajstić information content (AvgIpc) is 2.14. The zero-order valence-electron chi connectivity index (χ0n) is 7.45. The summed E-state index contributed by atoms with van der Waals surface area (Å²) in [4.78, 5) is 2.91. The van der Waals surface area contributed by atoms with Gasteiger partial charge in [0.1, 0.15) is 10.8 Å². The second-order valence-electron chi connectivity index (χ2n) is 2.80. The number of hydrogen-bond donors (Lipinski definition) is 0. The van der Waals surface area contributed by atoms with E-state index in [-0.39, 0.29) is 10.9 Å². The highest BCUT2D eigenvalue weighted by molar-refractivity contribution is 9.08. The van der Waals surface area contributed by atoms with Crippen molar-refractivity contribution in [1.29, 1.82) is 0 Å². The third-order valence-electron chi connectivity index (χ3n) is 1.75. The smallest absolute Gasteiger partial charge is 0.231 e. The highest BCUT2D eigenvalue weighted by atomic mass is 79.9. The lowest BCUT2D eigenvalue weighted by molar-refractivity contribution is -0.141. The zero-order chi connectivity index (χ0) is 12.5. The highest BCUT2D eigenvalue weighted by Crippen LogP contribution is 2.35. The Morgan fingerprint density at radius 3 is 2.31 bits per heavy atom. The normalized spacial score (nSPS) is 12.2. The van der Waals surface area contributed by atoms with Gasteiger partial charge in [0, 0.05) is 5.33 Å². The number of hydrogen-bond acceptors (Lipinski definition) is 1. The van der Waals surface area contributed by atoms with Crippen LogP contribution in [0.1, 0.15) is 23.2 Å². The fourth-order valence-electron chi connectivity index (χ4n) is 1.06. The molecule has 0 radical (unpaired) electrons. The number of alkyl halides is 6. The Balaban J connectivity index is 3.38. The van der Waals surface area contributed by atoms with Gasteiger partial charge in [-0.2, -0.15) is 13.2 Å². The van der Waals surface area contributed by atoms with Gasteiger partial charge in [0.05, 0.1) is 5.56 Å². The summed E-state index contributed by atoms with van der Waals surface area (Å²) in [6.45, 7) is 0. The van der Waals surface area contributed by atoms with Crippen LogP contribution in [0.25, 0.3) is 0 Å². The van der Waals surface area contributed by atoms with Crippen molar-refractivity contribution in [3.05, 3.63) is 28.0 Å². The maximum Gasteiger partial charge on any atom is 0.433 e. The molecule has 0 fully saturated rings. The number of rotatable bonds is 2. The fraction of sp³-hybridized carbons (Fsp3) is 0.375. The summed E-state index contributed by atoms with van der Waals surface area (Å²) in [7, 11) is 0. The molecule has 0 aliphatic carbocycles. The summed E-state index contributed by atoms with van der Waals surface area (Å²) in [5.41, 5.74) is -2.18. The van der Waals surface area contributed by atoms with Gasteiger partial charge in [0.15, 0.2) is 0 Å². The zero-order valence-corrected chi connectivity index (χ0v) is 9.80. The maximum atomic E-state index is 12.5. The summed E-state index contributed by atoms with van der Waals surface area (Å²) >= 11 is 8.13. The monoisotopic (exact) mass is 323 g/mol. The average molecular weight is 324 g/mol. The van der Waals surface area contributed by atoms with Crippen LogP contribution in [-0.4, -0.2) is 4.98 Å². The van der Waals surface area contributed by atoms with Gasteiger partial charge < -0.3 is 0 Å². The SMILES string of the molecule is FC(F)c1c(CBr)cc(C(F)(F)F)nc1Cl. The lowest BCUT2D eigenvalue weighted by atomic mass is 10.1. The van der Waals surface area contributed by atoms with Crippen LogP contribution in [-0.2, 0) is 11.5 Å². The van der Waals surface area contributed by atoms with Crippen molar-refractivity contribution in [2.24, 2.45) is 0 Å². The van der Waals surface area contributed by atoms with E-state index in [0.29, 0.717) is 6.07 Å². The predicted molar refractivity (Wildman–Crippen MR) is 51.8 cm³/mol. The minimum atomic E-state index is -4.71. The third-order valence-corrected chi connectivity index (χ3v) is 2.64. The van der Waals surface area contributed by atoms with Gasteiger partial charge in [-0.05, 0) is 11.6 Å². The van der Waals surface area contributed by atoms with Crippen LogP contribution < -0.4 is 0 Å². The van der Waals surface area contributed by atoms with Crippen LogP contribution in [0, 0.1) is 0 Å². The molecule has 0 saturated carbocycles. The van der Waals surface area contributed by atoms with Gasteiger partial charge in [0.2, 0.25) is 0 Å². The Morgan fingerprint density at radius 2 is 1.94 bits per heavy atom. The van der Waals surface area contributed by atoms with Crippen LogP contribution in [0.2, 0.25) is 5.15 Å². The summed E-state index contributed by atoms with van der Waals surface area (Å²) < 4.78 is 61.8. The molecule has 0 aliphatic rings. The largest absolute Gasteiger partial charge is 0.433 e. The van der Waals surface area contributed by atoms with E-state index in [1.807, 2.05) is 0 Å². The molecular weight excluding hydrogens is 320 g/mol. The van der Waals surface area contributed by atoms with E-state index in [1.54, 1.807) is 0 Å². The molecule has 0 aliphatic heterocycles. The predicted octanol–water partition coefficient (Wildman–Crippen LogP) is 4.59. The lowest BCUT2D eigenvalue weighted by Crippen LogP contribution is -2.10. The fourth-order valence-corrected chi connectivity index (χ4v) is 1.82. The van der Waals surface area contributed by atoms with E-state index in [0.717, 1.165) is 0 Å². The number of aromatic nitrogens is 1. The van der Waals surface area contributed by atoms with Crippen molar-refractivity contribution in [3.63, 3.8) is 0 Å². The molecule has 16 heavy (non-hydrogen) atoms. The Labute approximate surface area is 101 Å². The van der Waals surface area contributed by atoms with Crippen molar-refractivity contribution >= 4 is 27.5 Å². The van der Waals surface area contributed by atoms with Gasteiger partial charge in [-0.3, -0.25) is 0 Å². The van der Waals surface area contributed by atoms with Crippen LogP contribution >= 0.6 is 27.5 Å². The third kappa shape index (κ3) is 2.82. The topological polar surface area (TPSA) is 12.9 Å². The van der Waals surface area contributed by atoms with Crippen molar-refractivity contribution in [1.82, 2.24) is 4.98 Å². The Bertz CT molecular complexity index is 393. The van der Waals surface area contributed by atoms with Crippen molar-refractivity contribution in [2.45, 2.75) is 17.9 Å². The van der Waals surface area contributed by atoms with Crippen molar-refractivity contribution in [2.75, 3.05) is 0 Å². The first-order valence-electron chi connectivity index (χ1n) is 3.88. The molecule has 0 saturated heterocycles. The second-order valence-corrected chi connectivity index (χ2v) is 3.72.